The number of hydrogen-bond acceptors (Lipinski definition) is 6. The minimum atomic E-state index is 0.262. The molecule has 0 fully saturated rings. The second-order valence-corrected chi connectivity index (χ2v) is 6.12. The summed E-state index contributed by atoms with van der Waals surface area (Å²) in [6, 6.07) is 6.18. The monoisotopic (exact) mass is 329 g/mol. The average molecular weight is 329 g/mol. The smallest absolute Gasteiger partial charge is 0.232 e. The molecule has 0 saturated heterocycles. The van der Waals surface area contributed by atoms with Crippen LogP contribution in [0.2, 0.25) is 0 Å². The summed E-state index contributed by atoms with van der Waals surface area (Å²) < 4.78 is 5.53. The van der Waals surface area contributed by atoms with Crippen LogP contribution in [0.1, 0.15) is 37.2 Å². The van der Waals surface area contributed by atoms with Gasteiger partial charge in [-0.1, -0.05) is 18.2 Å². The van der Waals surface area contributed by atoms with Crippen molar-refractivity contribution in [1.82, 2.24) is 15.0 Å². The van der Waals surface area contributed by atoms with Gasteiger partial charge in [0.1, 0.15) is 5.82 Å². The van der Waals surface area contributed by atoms with Gasteiger partial charge in [0.05, 0.1) is 6.10 Å². The molecule has 1 aromatic carbocycles. The zero-order chi connectivity index (χ0) is 17.5. The lowest BCUT2D eigenvalue weighted by Crippen LogP contribution is -2.12. The van der Waals surface area contributed by atoms with Crippen LogP contribution >= 0.6 is 0 Å². The van der Waals surface area contributed by atoms with Gasteiger partial charge in [0.2, 0.25) is 11.9 Å². The Balaban J connectivity index is 2.00. The molecular weight excluding hydrogens is 302 g/mol. The van der Waals surface area contributed by atoms with E-state index in [0.29, 0.717) is 17.7 Å². The third-order valence-electron chi connectivity index (χ3n) is 3.52. The molecule has 130 valence electrons. The molecule has 0 radical (unpaired) electrons. The SMILES string of the molecule is Cc1nc(NCCCOC(C)C)nc(Nc2c(C)cccc2C)n1. The van der Waals surface area contributed by atoms with Crippen LogP contribution in [0.15, 0.2) is 18.2 Å². The van der Waals surface area contributed by atoms with Crippen LogP contribution in [0.4, 0.5) is 17.6 Å². The summed E-state index contributed by atoms with van der Waals surface area (Å²) in [4.78, 5) is 13.2. The normalized spacial score (nSPS) is 10.9. The Bertz CT molecular complexity index is 652. The molecule has 0 spiro atoms. The summed E-state index contributed by atoms with van der Waals surface area (Å²) in [7, 11) is 0. The summed E-state index contributed by atoms with van der Waals surface area (Å²) in [5, 5.41) is 6.54. The molecule has 0 bridgehead atoms. The molecule has 1 aromatic heterocycles. The maximum Gasteiger partial charge on any atom is 0.232 e. The minimum absolute atomic E-state index is 0.262. The molecule has 2 N–H and O–H groups in total. The minimum Gasteiger partial charge on any atom is -0.379 e. The first-order valence-electron chi connectivity index (χ1n) is 8.37. The number of nitrogens with zero attached hydrogens (tertiary/aromatic N) is 3. The van der Waals surface area contributed by atoms with Crippen LogP contribution in [-0.4, -0.2) is 34.2 Å². The van der Waals surface area contributed by atoms with E-state index in [4.69, 9.17) is 4.74 Å². The summed E-state index contributed by atoms with van der Waals surface area (Å²) in [5.41, 5.74) is 3.36. The first-order chi connectivity index (χ1) is 11.5. The highest BCUT2D eigenvalue weighted by Gasteiger charge is 2.07. The largest absolute Gasteiger partial charge is 0.379 e. The molecule has 24 heavy (non-hydrogen) atoms. The van der Waals surface area contributed by atoms with Crippen molar-refractivity contribution in [3.63, 3.8) is 0 Å². The Labute approximate surface area is 144 Å². The zero-order valence-corrected chi connectivity index (χ0v) is 15.2. The van der Waals surface area contributed by atoms with Gasteiger partial charge in [0.15, 0.2) is 0 Å². The number of nitrogens with one attached hydrogen (secondary N) is 2. The van der Waals surface area contributed by atoms with E-state index >= 15 is 0 Å². The molecule has 6 heteroatoms. The van der Waals surface area contributed by atoms with Gasteiger partial charge in [-0.05, 0) is 52.2 Å². The number of benzene rings is 1. The van der Waals surface area contributed by atoms with Gasteiger partial charge in [-0.15, -0.1) is 0 Å². The van der Waals surface area contributed by atoms with E-state index in [1.165, 1.54) is 0 Å². The van der Waals surface area contributed by atoms with Gasteiger partial charge in [-0.3, -0.25) is 0 Å². The molecular formula is C18H27N5O. The van der Waals surface area contributed by atoms with Crippen LogP contribution in [-0.2, 0) is 4.74 Å². The maximum absolute atomic E-state index is 5.53. The second-order valence-electron chi connectivity index (χ2n) is 6.12. The Morgan fingerprint density at radius 2 is 1.67 bits per heavy atom. The summed E-state index contributed by atoms with van der Waals surface area (Å²) in [6.45, 7) is 11.6. The molecule has 0 amide bonds. The highest BCUT2D eigenvalue weighted by molar-refractivity contribution is 5.63. The Hall–Kier alpha value is -2.21. The van der Waals surface area contributed by atoms with Gasteiger partial charge in [-0.25, -0.2) is 0 Å². The lowest BCUT2D eigenvalue weighted by Gasteiger charge is -2.13. The van der Waals surface area contributed by atoms with Crippen LogP contribution < -0.4 is 10.6 Å². The van der Waals surface area contributed by atoms with E-state index in [0.717, 1.165) is 36.4 Å². The standard InChI is InChI=1S/C18H27N5O/c1-12(2)24-11-7-10-19-17-20-15(5)21-18(23-17)22-16-13(3)8-6-9-14(16)4/h6,8-9,12H,7,10-11H2,1-5H3,(H2,19,20,21,22,23). The van der Waals surface area contributed by atoms with E-state index in [-0.39, 0.29) is 6.10 Å². The van der Waals surface area contributed by atoms with Gasteiger partial charge in [0, 0.05) is 18.8 Å². The van der Waals surface area contributed by atoms with Crippen molar-refractivity contribution in [3.8, 4) is 0 Å². The summed E-state index contributed by atoms with van der Waals surface area (Å²) in [5.74, 6) is 1.82. The molecule has 0 aliphatic rings. The number of para-hydroxylation sites is 1. The van der Waals surface area contributed by atoms with Crippen molar-refractivity contribution in [2.24, 2.45) is 0 Å². The molecule has 0 aliphatic carbocycles. The number of ether oxygens (including phenoxy) is 1. The van der Waals surface area contributed by atoms with Gasteiger partial charge in [0.25, 0.3) is 0 Å². The number of hydrogen-bond donors (Lipinski definition) is 2. The van der Waals surface area contributed by atoms with E-state index in [1.54, 1.807) is 0 Å². The topological polar surface area (TPSA) is 72.0 Å². The fourth-order valence-corrected chi connectivity index (χ4v) is 2.33. The highest BCUT2D eigenvalue weighted by Crippen LogP contribution is 2.22. The number of anilines is 3. The van der Waals surface area contributed by atoms with Crippen molar-refractivity contribution in [2.75, 3.05) is 23.8 Å². The number of aromatic nitrogens is 3. The van der Waals surface area contributed by atoms with Crippen LogP contribution in [0.25, 0.3) is 0 Å². The Kier molecular flexibility index (Phi) is 6.49. The quantitative estimate of drug-likeness (QED) is 0.718. The second kappa shape index (κ2) is 8.59. The fourth-order valence-electron chi connectivity index (χ4n) is 2.33. The molecule has 1 heterocycles. The number of rotatable bonds is 8. The van der Waals surface area contributed by atoms with Crippen molar-refractivity contribution < 1.29 is 4.74 Å². The maximum atomic E-state index is 5.53. The molecule has 2 rings (SSSR count). The summed E-state index contributed by atoms with van der Waals surface area (Å²) >= 11 is 0. The average Bonchev–Trinajstić information content (AvgIpc) is 2.50. The first-order valence-corrected chi connectivity index (χ1v) is 8.37. The lowest BCUT2D eigenvalue weighted by molar-refractivity contribution is 0.0787. The highest BCUT2D eigenvalue weighted by atomic mass is 16.5. The zero-order valence-electron chi connectivity index (χ0n) is 15.2. The van der Waals surface area contributed by atoms with Crippen LogP contribution in [0, 0.1) is 20.8 Å². The van der Waals surface area contributed by atoms with E-state index in [1.807, 2.05) is 26.8 Å². The fraction of sp³-hybridized carbons (Fsp3) is 0.500. The molecule has 6 nitrogen and oxygen atoms in total. The van der Waals surface area contributed by atoms with Crippen molar-refractivity contribution >= 4 is 17.6 Å². The van der Waals surface area contributed by atoms with E-state index in [9.17, 15) is 0 Å². The molecule has 0 aliphatic heterocycles. The third kappa shape index (κ3) is 5.45. The lowest BCUT2D eigenvalue weighted by atomic mass is 10.1. The van der Waals surface area contributed by atoms with Crippen molar-refractivity contribution in [2.45, 2.75) is 47.1 Å². The summed E-state index contributed by atoms with van der Waals surface area (Å²) in [6.07, 6.45) is 1.17. The van der Waals surface area contributed by atoms with Gasteiger partial charge >= 0.3 is 0 Å². The van der Waals surface area contributed by atoms with E-state index in [2.05, 4.69) is 51.6 Å². The van der Waals surface area contributed by atoms with Crippen molar-refractivity contribution in [1.29, 1.82) is 0 Å². The number of aryl methyl sites for hydroxylation is 3. The Morgan fingerprint density at radius 3 is 2.33 bits per heavy atom. The van der Waals surface area contributed by atoms with Gasteiger partial charge in [-0.2, -0.15) is 15.0 Å². The predicted molar refractivity (Wildman–Crippen MR) is 98.0 cm³/mol. The predicted octanol–water partition coefficient (Wildman–Crippen LogP) is 3.77. The molecule has 2 aromatic rings. The van der Waals surface area contributed by atoms with Crippen LogP contribution in [0.5, 0.6) is 0 Å². The molecule has 0 atom stereocenters. The van der Waals surface area contributed by atoms with E-state index < -0.39 is 0 Å². The van der Waals surface area contributed by atoms with Gasteiger partial charge < -0.3 is 15.4 Å². The van der Waals surface area contributed by atoms with Crippen LogP contribution in [0.3, 0.4) is 0 Å². The Morgan fingerprint density at radius 1 is 1.00 bits per heavy atom. The first kappa shape index (κ1) is 18.1. The van der Waals surface area contributed by atoms with Crippen molar-refractivity contribution in [3.05, 3.63) is 35.2 Å². The molecule has 0 unspecified atom stereocenters. The molecule has 0 saturated carbocycles. The third-order valence-corrected chi connectivity index (χ3v) is 3.52.